The molecule has 0 radical (unpaired) electrons. The molecule has 0 spiro atoms. The number of hydrogen-bond donors (Lipinski definition) is 2. The van der Waals surface area contributed by atoms with Crippen molar-refractivity contribution in [3.05, 3.63) is 35.4 Å². The van der Waals surface area contributed by atoms with Crippen molar-refractivity contribution < 1.29 is 19.4 Å². The van der Waals surface area contributed by atoms with Gasteiger partial charge in [0.2, 0.25) is 0 Å². The summed E-state index contributed by atoms with van der Waals surface area (Å²) in [6.45, 7) is 2.34. The Morgan fingerprint density at radius 3 is 2.55 bits per heavy atom. The maximum absolute atomic E-state index is 11.9. The predicted molar refractivity (Wildman–Crippen MR) is 82.3 cm³/mol. The third-order valence-corrected chi connectivity index (χ3v) is 4.03. The molecule has 1 amide bonds. The van der Waals surface area contributed by atoms with Crippen LogP contribution in [0.5, 0.6) is 0 Å². The minimum Gasteiger partial charge on any atom is -0.466 e. The van der Waals surface area contributed by atoms with Crippen LogP contribution in [0, 0.1) is 5.92 Å². The smallest absolute Gasteiger partial charge is 0.307 e. The van der Waals surface area contributed by atoms with E-state index in [0.29, 0.717) is 18.1 Å². The summed E-state index contributed by atoms with van der Waals surface area (Å²) in [5.74, 6) is -0.194. The topological polar surface area (TPSA) is 75.6 Å². The van der Waals surface area contributed by atoms with E-state index in [4.69, 9.17) is 4.74 Å². The summed E-state index contributed by atoms with van der Waals surface area (Å²) in [6.07, 6.45) is 3.05. The van der Waals surface area contributed by atoms with E-state index in [-0.39, 0.29) is 24.8 Å². The van der Waals surface area contributed by atoms with Gasteiger partial charge in [-0.25, -0.2) is 0 Å². The summed E-state index contributed by atoms with van der Waals surface area (Å²) in [5, 5.41) is 12.9. The summed E-state index contributed by atoms with van der Waals surface area (Å²) in [6, 6.07) is 7.00. The average Bonchev–Trinajstić information content (AvgIpc) is 2.45. The van der Waals surface area contributed by atoms with Gasteiger partial charge in [-0.15, -0.1) is 0 Å². The van der Waals surface area contributed by atoms with Crippen molar-refractivity contribution in [1.82, 2.24) is 5.32 Å². The van der Waals surface area contributed by atoms with Gasteiger partial charge < -0.3 is 15.2 Å². The van der Waals surface area contributed by atoms with Gasteiger partial charge in [0.25, 0.3) is 5.91 Å². The molecular formula is C17H23NO4. The normalized spacial score (nSPS) is 15.7. The molecule has 1 aliphatic rings. The first kappa shape index (κ1) is 16.5. The molecule has 22 heavy (non-hydrogen) atoms. The number of hydrogen-bond acceptors (Lipinski definition) is 4. The van der Waals surface area contributed by atoms with Crippen LogP contribution in [0.1, 0.15) is 54.6 Å². The number of esters is 1. The molecule has 1 atom stereocenters. The van der Waals surface area contributed by atoms with Crippen LogP contribution in [0.2, 0.25) is 0 Å². The number of carbonyl (C=O) groups excluding carboxylic acids is 2. The van der Waals surface area contributed by atoms with E-state index >= 15 is 0 Å². The fraction of sp³-hybridized carbons (Fsp3) is 0.529. The molecule has 1 unspecified atom stereocenters. The molecular weight excluding hydrogens is 282 g/mol. The average molecular weight is 305 g/mol. The highest BCUT2D eigenvalue weighted by atomic mass is 16.5. The van der Waals surface area contributed by atoms with Crippen molar-refractivity contribution in [2.45, 2.75) is 38.7 Å². The van der Waals surface area contributed by atoms with Crippen LogP contribution in [0.25, 0.3) is 0 Å². The zero-order chi connectivity index (χ0) is 15.9. The highest BCUT2D eigenvalue weighted by molar-refractivity contribution is 5.94. The van der Waals surface area contributed by atoms with Gasteiger partial charge in [0.15, 0.2) is 0 Å². The number of aliphatic hydroxyl groups excluding tert-OH is 1. The van der Waals surface area contributed by atoms with Crippen LogP contribution < -0.4 is 5.32 Å². The van der Waals surface area contributed by atoms with Gasteiger partial charge >= 0.3 is 5.97 Å². The lowest BCUT2D eigenvalue weighted by Gasteiger charge is -2.30. The van der Waals surface area contributed by atoms with E-state index in [0.717, 1.165) is 18.4 Å². The Morgan fingerprint density at radius 2 is 2.00 bits per heavy atom. The lowest BCUT2D eigenvalue weighted by molar-refractivity contribution is -0.142. The first-order chi connectivity index (χ1) is 10.6. The molecule has 120 valence electrons. The van der Waals surface area contributed by atoms with Crippen LogP contribution in [-0.2, 0) is 9.53 Å². The fourth-order valence-electron chi connectivity index (χ4n) is 2.47. The van der Waals surface area contributed by atoms with Gasteiger partial charge in [-0.2, -0.15) is 0 Å². The van der Waals surface area contributed by atoms with Gasteiger partial charge in [-0.1, -0.05) is 18.6 Å². The molecule has 0 saturated heterocycles. The van der Waals surface area contributed by atoms with Crippen LogP contribution in [-0.4, -0.2) is 30.1 Å². The molecule has 1 aliphatic carbocycles. The quantitative estimate of drug-likeness (QED) is 0.757. The Hall–Kier alpha value is -1.88. The molecule has 2 rings (SSSR count). The predicted octanol–water partition coefficient (Wildman–Crippen LogP) is 2.20. The second-order valence-electron chi connectivity index (χ2n) is 5.57. The molecule has 0 bridgehead atoms. The van der Waals surface area contributed by atoms with Crippen molar-refractivity contribution in [1.29, 1.82) is 0 Å². The zero-order valence-electron chi connectivity index (χ0n) is 12.9. The number of aliphatic hydroxyl groups is 1. The van der Waals surface area contributed by atoms with Crippen molar-refractivity contribution in [3.63, 3.8) is 0 Å². The van der Waals surface area contributed by atoms with E-state index in [1.165, 1.54) is 6.42 Å². The summed E-state index contributed by atoms with van der Waals surface area (Å²) in [7, 11) is 0. The second kappa shape index (κ2) is 7.94. The maximum Gasteiger partial charge on any atom is 0.307 e. The molecule has 1 saturated carbocycles. The van der Waals surface area contributed by atoms with E-state index in [2.05, 4.69) is 5.32 Å². The number of nitrogens with one attached hydrogen (secondary N) is 1. The molecule has 0 aromatic heterocycles. The molecule has 5 nitrogen and oxygen atoms in total. The van der Waals surface area contributed by atoms with Crippen LogP contribution >= 0.6 is 0 Å². The van der Waals surface area contributed by atoms with E-state index in [9.17, 15) is 14.7 Å². The van der Waals surface area contributed by atoms with Gasteiger partial charge in [-0.3, -0.25) is 9.59 Å². The minimum absolute atomic E-state index is 0.165. The molecule has 1 aromatic rings. The van der Waals surface area contributed by atoms with Crippen LogP contribution in [0.3, 0.4) is 0 Å². The van der Waals surface area contributed by atoms with Crippen LogP contribution in [0.15, 0.2) is 24.3 Å². The van der Waals surface area contributed by atoms with Gasteiger partial charge in [-0.05, 0) is 43.4 Å². The number of rotatable bonds is 7. The van der Waals surface area contributed by atoms with Gasteiger partial charge in [0, 0.05) is 12.1 Å². The Kier molecular flexibility index (Phi) is 5.95. The summed E-state index contributed by atoms with van der Waals surface area (Å²) in [5.41, 5.74) is 1.38. The summed E-state index contributed by atoms with van der Waals surface area (Å²) >= 11 is 0. The second-order valence-corrected chi connectivity index (χ2v) is 5.57. The van der Waals surface area contributed by atoms with Crippen molar-refractivity contribution in [2.75, 3.05) is 13.2 Å². The van der Waals surface area contributed by atoms with Crippen molar-refractivity contribution >= 4 is 11.9 Å². The molecule has 5 heteroatoms. The van der Waals surface area contributed by atoms with E-state index in [1.807, 2.05) is 0 Å². The molecule has 0 heterocycles. The number of carbonyl (C=O) groups is 2. The molecule has 0 aliphatic heterocycles. The molecule has 1 aromatic carbocycles. The Labute approximate surface area is 130 Å². The lowest BCUT2D eigenvalue weighted by atomic mass is 9.79. The SMILES string of the molecule is CCOC(=O)CCNC(=O)c1ccc(C(O)C2CCC2)cc1. The monoisotopic (exact) mass is 305 g/mol. The number of ether oxygens (including phenoxy) is 1. The Bertz CT molecular complexity index is 508. The lowest BCUT2D eigenvalue weighted by Crippen LogP contribution is -2.26. The van der Waals surface area contributed by atoms with Crippen molar-refractivity contribution in [3.8, 4) is 0 Å². The molecule has 1 fully saturated rings. The summed E-state index contributed by atoms with van der Waals surface area (Å²) in [4.78, 5) is 23.1. The third kappa shape index (κ3) is 4.31. The number of amides is 1. The largest absolute Gasteiger partial charge is 0.466 e. The zero-order valence-corrected chi connectivity index (χ0v) is 12.9. The highest BCUT2D eigenvalue weighted by Crippen LogP contribution is 2.37. The number of benzene rings is 1. The Morgan fingerprint density at radius 1 is 1.32 bits per heavy atom. The first-order valence-corrected chi connectivity index (χ1v) is 7.83. The van der Waals surface area contributed by atoms with E-state index in [1.54, 1.807) is 31.2 Å². The van der Waals surface area contributed by atoms with E-state index < -0.39 is 6.10 Å². The van der Waals surface area contributed by atoms with Crippen molar-refractivity contribution in [2.24, 2.45) is 5.92 Å². The molecule has 2 N–H and O–H groups in total. The van der Waals surface area contributed by atoms with Crippen LogP contribution in [0.4, 0.5) is 0 Å². The minimum atomic E-state index is -0.435. The fourth-order valence-corrected chi connectivity index (χ4v) is 2.47. The third-order valence-electron chi connectivity index (χ3n) is 4.03. The Balaban J connectivity index is 1.81. The summed E-state index contributed by atoms with van der Waals surface area (Å²) < 4.78 is 4.79. The standard InChI is InChI=1S/C17H23NO4/c1-2-22-15(19)10-11-18-17(21)14-8-6-13(7-9-14)16(20)12-4-3-5-12/h6-9,12,16,20H,2-5,10-11H2,1H3,(H,18,21). The van der Waals surface area contributed by atoms with Gasteiger partial charge in [0.1, 0.15) is 0 Å². The van der Waals surface area contributed by atoms with Gasteiger partial charge in [0.05, 0.1) is 19.1 Å². The maximum atomic E-state index is 11.9. The first-order valence-electron chi connectivity index (χ1n) is 7.83. The highest BCUT2D eigenvalue weighted by Gasteiger charge is 2.26.